The average molecular weight is 909 g/mol. The van der Waals surface area contributed by atoms with Gasteiger partial charge in [-0.25, -0.2) is 4.79 Å². The monoisotopic (exact) mass is 909 g/mol. The maximum Gasteiger partial charge on any atom is 0.326 e. The fourth-order valence-electron chi connectivity index (χ4n) is 7.76. The van der Waals surface area contributed by atoms with Crippen LogP contribution < -0.4 is 43.8 Å². The molecule has 13 N–H and O–H groups in total. The summed E-state index contributed by atoms with van der Waals surface area (Å²) in [5.74, 6) is -8.87. The van der Waals surface area contributed by atoms with Gasteiger partial charge >= 0.3 is 11.9 Å². The molecule has 2 saturated heterocycles. The number of carbonyl (C=O) groups excluding carboxylic acids is 8. The van der Waals surface area contributed by atoms with E-state index in [4.69, 9.17) is 22.3 Å². The third kappa shape index (κ3) is 17.0. The van der Waals surface area contributed by atoms with E-state index in [9.17, 15) is 53.1 Å². The zero-order chi connectivity index (χ0) is 48.4. The molecule has 362 valence electrons. The number of nitrogens with one attached hydrogen (secondary N) is 5. The van der Waals surface area contributed by atoms with Gasteiger partial charge in [0.25, 0.3) is 0 Å². The van der Waals surface area contributed by atoms with Crippen molar-refractivity contribution in [3.05, 3.63) is 0 Å². The Morgan fingerprint density at radius 3 is 1.64 bits per heavy atom. The first-order chi connectivity index (χ1) is 30.0. The van der Waals surface area contributed by atoms with Crippen molar-refractivity contribution in [2.75, 3.05) is 19.6 Å². The molecular formula is C42H72N10O12. The molecule has 2 aliphatic heterocycles. The predicted octanol–water partition coefficient (Wildman–Crippen LogP) is -1.58. The molecule has 0 unspecified atom stereocenters. The molecule has 0 bridgehead atoms. The number of rotatable bonds is 27. The second-order valence-corrected chi connectivity index (χ2v) is 17.8. The molecule has 2 heterocycles. The minimum absolute atomic E-state index is 0.0866. The van der Waals surface area contributed by atoms with Gasteiger partial charge in [0.2, 0.25) is 47.3 Å². The number of nitrogens with two attached hydrogens (primary N) is 3. The Bertz CT molecular complexity index is 1680. The minimum atomic E-state index is -1.46. The van der Waals surface area contributed by atoms with Crippen molar-refractivity contribution in [3.63, 3.8) is 0 Å². The number of hydrogen-bond acceptors (Lipinski definition) is 12. The number of carbonyl (C=O) groups is 10. The van der Waals surface area contributed by atoms with Crippen molar-refractivity contribution in [3.8, 4) is 0 Å². The topological polar surface area (TPSA) is 356 Å². The maximum atomic E-state index is 14.2. The number of likely N-dealkylation sites (tertiary alicyclic amines) is 2. The summed E-state index contributed by atoms with van der Waals surface area (Å²) in [4.78, 5) is 133. The zero-order valence-electron chi connectivity index (χ0n) is 38.1. The van der Waals surface area contributed by atoms with E-state index in [1.54, 1.807) is 27.7 Å². The quantitative estimate of drug-likeness (QED) is 0.0416. The Balaban J connectivity index is 2.24. The van der Waals surface area contributed by atoms with E-state index in [2.05, 4.69) is 26.6 Å². The van der Waals surface area contributed by atoms with Crippen molar-refractivity contribution in [2.24, 2.45) is 35.0 Å². The Labute approximate surface area is 374 Å². The summed E-state index contributed by atoms with van der Waals surface area (Å²) in [6, 6.07) is -9.17. The highest BCUT2D eigenvalue weighted by Gasteiger charge is 2.43. The van der Waals surface area contributed by atoms with Crippen LogP contribution in [0.2, 0.25) is 0 Å². The first kappa shape index (κ1) is 54.8. The van der Waals surface area contributed by atoms with Gasteiger partial charge in [-0.15, -0.1) is 0 Å². The van der Waals surface area contributed by atoms with Gasteiger partial charge in [-0.05, 0) is 88.5 Å². The Hall–Kier alpha value is -5.38. The molecule has 8 amide bonds. The van der Waals surface area contributed by atoms with Gasteiger partial charge in [-0.2, -0.15) is 0 Å². The van der Waals surface area contributed by atoms with Gasteiger partial charge in [0, 0.05) is 25.9 Å². The highest BCUT2D eigenvalue weighted by atomic mass is 16.4. The van der Waals surface area contributed by atoms with Crippen LogP contribution in [-0.2, 0) is 47.9 Å². The van der Waals surface area contributed by atoms with Gasteiger partial charge < -0.3 is 63.8 Å². The molecule has 8 atom stereocenters. The predicted molar refractivity (Wildman–Crippen MR) is 232 cm³/mol. The Kier molecular flexibility index (Phi) is 22.6. The number of amides is 8. The van der Waals surface area contributed by atoms with E-state index >= 15 is 0 Å². The van der Waals surface area contributed by atoms with Crippen LogP contribution in [0.25, 0.3) is 0 Å². The maximum absolute atomic E-state index is 14.2. The van der Waals surface area contributed by atoms with Gasteiger partial charge in [-0.1, -0.05) is 41.5 Å². The number of carboxylic acid groups (broad SMARTS) is 2. The molecular weight excluding hydrogens is 837 g/mol. The lowest BCUT2D eigenvalue weighted by Crippen LogP contribution is -2.61. The average Bonchev–Trinajstić information content (AvgIpc) is 3.92. The number of unbranched alkanes of at least 4 members (excludes halogenated alkanes) is 1. The van der Waals surface area contributed by atoms with Crippen molar-refractivity contribution < 1.29 is 58.2 Å². The molecule has 0 saturated carbocycles. The van der Waals surface area contributed by atoms with Crippen LogP contribution in [0.4, 0.5) is 0 Å². The van der Waals surface area contributed by atoms with Crippen LogP contribution in [0.3, 0.4) is 0 Å². The molecule has 0 spiro atoms. The first-order valence-electron chi connectivity index (χ1n) is 22.3. The summed E-state index contributed by atoms with van der Waals surface area (Å²) < 4.78 is 0. The second kappa shape index (κ2) is 26.4. The van der Waals surface area contributed by atoms with Gasteiger partial charge in [0.05, 0.1) is 6.04 Å². The first-order valence-corrected chi connectivity index (χ1v) is 22.3. The van der Waals surface area contributed by atoms with E-state index in [-0.39, 0.29) is 64.0 Å². The summed E-state index contributed by atoms with van der Waals surface area (Å²) in [6.45, 7) is 11.2. The number of nitrogens with zero attached hydrogens (tertiary/aromatic N) is 2. The molecule has 0 aromatic heterocycles. The van der Waals surface area contributed by atoms with Crippen LogP contribution in [-0.4, -0.2) is 147 Å². The summed E-state index contributed by atoms with van der Waals surface area (Å²) in [7, 11) is 0. The Morgan fingerprint density at radius 1 is 0.609 bits per heavy atom. The smallest absolute Gasteiger partial charge is 0.326 e. The van der Waals surface area contributed by atoms with Gasteiger partial charge in [-0.3, -0.25) is 43.2 Å². The fraction of sp³-hybridized carbons (Fsp3) is 0.762. The number of carboxylic acids is 2. The number of hydrogen-bond donors (Lipinski definition) is 10. The highest BCUT2D eigenvalue weighted by molar-refractivity contribution is 5.98. The third-order valence-electron chi connectivity index (χ3n) is 11.4. The van der Waals surface area contributed by atoms with Crippen LogP contribution in [0.15, 0.2) is 0 Å². The van der Waals surface area contributed by atoms with E-state index < -0.39 is 119 Å². The molecule has 2 fully saturated rings. The summed E-state index contributed by atoms with van der Waals surface area (Å²) in [5.41, 5.74) is 16.8. The fourth-order valence-corrected chi connectivity index (χ4v) is 7.76. The lowest BCUT2D eigenvalue weighted by molar-refractivity contribution is -0.145. The molecule has 22 nitrogen and oxygen atoms in total. The lowest BCUT2D eigenvalue weighted by Gasteiger charge is -2.33. The molecule has 2 aliphatic rings. The lowest BCUT2D eigenvalue weighted by atomic mass is 9.98. The van der Waals surface area contributed by atoms with Crippen LogP contribution in [0.5, 0.6) is 0 Å². The van der Waals surface area contributed by atoms with Gasteiger partial charge in [0.1, 0.15) is 42.3 Å². The van der Waals surface area contributed by atoms with E-state index in [1.807, 2.05) is 13.8 Å². The second-order valence-electron chi connectivity index (χ2n) is 17.8. The highest BCUT2D eigenvalue weighted by Crippen LogP contribution is 2.24. The SMILES string of the molecule is CC(C)C[C@H](NC(=O)[C@@H]1CCCN1C(=O)[C@@H](NC(=O)[C@@H]1CCCN1C(=O)[C@@H](N)CCC(=O)O)C(C)C)C(=O)N[C@H](C(=O)N[C@@H](CCCCN)C(=O)N[C@@H](CCC(N)=O)C(=O)O)C(C)C. The van der Waals surface area contributed by atoms with Crippen LogP contribution >= 0.6 is 0 Å². The van der Waals surface area contributed by atoms with Crippen molar-refractivity contribution in [1.82, 2.24) is 36.4 Å². The normalized spacial score (nSPS) is 19.0. The van der Waals surface area contributed by atoms with Crippen LogP contribution in [0, 0.1) is 17.8 Å². The largest absolute Gasteiger partial charge is 0.481 e. The van der Waals surface area contributed by atoms with E-state index in [0.717, 1.165) is 0 Å². The molecule has 2 rings (SSSR count). The molecule has 0 aromatic rings. The van der Waals surface area contributed by atoms with Crippen LogP contribution in [0.1, 0.15) is 119 Å². The molecule has 22 heteroatoms. The summed E-state index contributed by atoms with van der Waals surface area (Å²) in [6.07, 6.45) is 1.67. The Morgan fingerprint density at radius 2 is 1.14 bits per heavy atom. The van der Waals surface area contributed by atoms with Gasteiger partial charge in [0.15, 0.2) is 0 Å². The molecule has 0 aliphatic carbocycles. The van der Waals surface area contributed by atoms with E-state index in [1.165, 1.54) is 9.80 Å². The molecule has 64 heavy (non-hydrogen) atoms. The van der Waals surface area contributed by atoms with Crippen molar-refractivity contribution >= 4 is 59.2 Å². The summed E-state index contributed by atoms with van der Waals surface area (Å²) >= 11 is 0. The minimum Gasteiger partial charge on any atom is -0.481 e. The zero-order valence-corrected chi connectivity index (χ0v) is 38.1. The summed E-state index contributed by atoms with van der Waals surface area (Å²) in [5, 5.41) is 31.9. The van der Waals surface area contributed by atoms with Crippen molar-refractivity contribution in [1.29, 1.82) is 0 Å². The van der Waals surface area contributed by atoms with E-state index in [0.29, 0.717) is 38.6 Å². The number of primary amides is 1. The molecule has 0 radical (unpaired) electrons. The standard InChI is InChI=1S/C42H72N10O12/c1-22(2)21-28(36(57)49-33(23(3)4)39(60)46-26(11-7-8-18-43)35(56)47-27(42(63)64)15-16-31(45)53)48-37(58)29-12-10-20-52(29)41(62)34(24(5)6)50-38(59)30-13-9-19-51(30)40(61)25(44)14-17-32(54)55/h22-30,33-34H,7-21,43-44H2,1-6H3,(H2,45,53)(H,46,60)(H,47,56)(H,48,58)(H,49,57)(H,50,59)(H,54,55)(H,63,64)/t25-,26-,27-,28-,29-,30-,33-,34-/m0/s1. The third-order valence-corrected chi connectivity index (χ3v) is 11.4. The number of aliphatic carboxylic acids is 2. The van der Waals surface area contributed by atoms with Crippen molar-refractivity contribution in [2.45, 2.75) is 167 Å². The molecule has 0 aromatic carbocycles.